The van der Waals surface area contributed by atoms with Crippen LogP contribution in [-0.2, 0) is 34.1 Å². The Morgan fingerprint density at radius 3 is 2.18 bits per heavy atom. The minimum atomic E-state index is -3.29. The molecule has 0 aliphatic rings. The van der Waals surface area contributed by atoms with E-state index in [1.54, 1.807) is 12.1 Å². The van der Waals surface area contributed by atoms with Gasteiger partial charge in [0.15, 0.2) is 9.84 Å². The summed E-state index contributed by atoms with van der Waals surface area (Å²) in [4.78, 5) is 18.3. The van der Waals surface area contributed by atoms with Crippen LogP contribution in [0.1, 0.15) is 52.3 Å². The lowest BCUT2D eigenvalue weighted by molar-refractivity contribution is 0.0472. The fourth-order valence-electron chi connectivity index (χ4n) is 3.92. The quantitative estimate of drug-likeness (QED) is 0.466. The number of aromatic nitrogens is 1. The molecular weight excluding hydrogens is 448 g/mol. The van der Waals surface area contributed by atoms with Gasteiger partial charge in [-0.25, -0.2) is 13.2 Å². The first-order valence-electron chi connectivity index (χ1n) is 11.3. The van der Waals surface area contributed by atoms with Crippen LogP contribution in [0.25, 0.3) is 11.1 Å². The Hall–Kier alpha value is -3.03. The van der Waals surface area contributed by atoms with E-state index in [2.05, 4.69) is 13.8 Å². The maximum atomic E-state index is 13.3. The zero-order valence-corrected chi connectivity index (χ0v) is 21.2. The Bertz CT molecular complexity index is 1280. The number of benzene rings is 2. The predicted octanol–water partition coefficient (Wildman–Crippen LogP) is 4.78. The molecule has 1 heterocycles. The highest BCUT2D eigenvalue weighted by Gasteiger charge is 2.24. The van der Waals surface area contributed by atoms with Crippen molar-refractivity contribution < 1.29 is 17.9 Å². The van der Waals surface area contributed by atoms with E-state index in [0.717, 1.165) is 40.6 Å². The molecule has 0 saturated heterocycles. The molecule has 0 aliphatic heterocycles. The van der Waals surface area contributed by atoms with Crippen molar-refractivity contribution in [2.75, 3.05) is 6.26 Å². The molecule has 2 aromatic carbocycles. The van der Waals surface area contributed by atoms with Crippen molar-refractivity contribution in [3.05, 3.63) is 82.2 Å². The van der Waals surface area contributed by atoms with Crippen molar-refractivity contribution in [1.29, 1.82) is 0 Å². The van der Waals surface area contributed by atoms with E-state index in [1.165, 1.54) is 12.1 Å². The second kappa shape index (κ2) is 10.5. The second-order valence-electron chi connectivity index (χ2n) is 9.03. The van der Waals surface area contributed by atoms with E-state index >= 15 is 0 Å². The topological polar surface area (TPSA) is 99.3 Å². The third-order valence-corrected chi connectivity index (χ3v) is 6.76. The minimum absolute atomic E-state index is 0.0152. The number of carbonyl (C=O) groups excluding carboxylic acids is 1. The summed E-state index contributed by atoms with van der Waals surface area (Å²) < 4.78 is 29.0. The number of sulfone groups is 1. The van der Waals surface area contributed by atoms with Gasteiger partial charge in [-0.15, -0.1) is 0 Å². The number of hydrogen-bond acceptors (Lipinski definition) is 6. The maximum Gasteiger partial charge on any atom is 0.340 e. The van der Waals surface area contributed by atoms with Crippen molar-refractivity contribution in [2.45, 2.75) is 52.2 Å². The van der Waals surface area contributed by atoms with Gasteiger partial charge < -0.3 is 10.5 Å². The van der Waals surface area contributed by atoms with Crippen LogP contribution in [0.15, 0.2) is 53.4 Å². The Balaban J connectivity index is 2.02. The number of ether oxygens (including phenoxy) is 1. The standard InChI is InChI=1S/C27H32N2O4S/c1-17(2)14-24-23(15-28)26(21-10-6-18(3)7-11-21)25(19(4)29-24)27(30)33-16-20-8-12-22(13-9-20)34(5,31)32/h6-13,17H,14-16,28H2,1-5H3. The Kier molecular flexibility index (Phi) is 7.89. The zero-order chi connectivity index (χ0) is 25.0. The summed E-state index contributed by atoms with van der Waals surface area (Å²) in [5.74, 6) is -0.102. The molecule has 34 heavy (non-hydrogen) atoms. The van der Waals surface area contributed by atoms with Gasteiger partial charge in [-0.05, 0) is 55.0 Å². The molecular formula is C27H32N2O4S. The first kappa shape index (κ1) is 25.6. The van der Waals surface area contributed by atoms with Gasteiger partial charge in [-0.2, -0.15) is 0 Å². The van der Waals surface area contributed by atoms with E-state index in [4.69, 9.17) is 15.5 Å². The highest BCUT2D eigenvalue weighted by Crippen LogP contribution is 2.33. The molecule has 1 aromatic heterocycles. The molecule has 0 radical (unpaired) electrons. The molecule has 0 atom stereocenters. The van der Waals surface area contributed by atoms with Crippen LogP contribution in [0.5, 0.6) is 0 Å². The molecule has 0 unspecified atom stereocenters. The van der Waals surface area contributed by atoms with Crippen molar-refractivity contribution in [2.24, 2.45) is 11.7 Å². The Morgan fingerprint density at radius 1 is 1.03 bits per heavy atom. The molecule has 7 heteroatoms. The summed E-state index contributed by atoms with van der Waals surface area (Å²) in [5, 5.41) is 0. The average molecular weight is 481 g/mol. The lowest BCUT2D eigenvalue weighted by atomic mass is 9.90. The number of esters is 1. The first-order valence-corrected chi connectivity index (χ1v) is 13.2. The number of nitrogens with zero attached hydrogens (tertiary/aromatic N) is 1. The first-order chi connectivity index (χ1) is 16.0. The highest BCUT2D eigenvalue weighted by molar-refractivity contribution is 7.90. The van der Waals surface area contributed by atoms with Crippen LogP contribution in [0, 0.1) is 19.8 Å². The molecule has 3 rings (SSSR count). The summed E-state index contributed by atoms with van der Waals surface area (Å²) in [7, 11) is -3.29. The van der Waals surface area contributed by atoms with Crippen molar-refractivity contribution in [3.63, 3.8) is 0 Å². The monoisotopic (exact) mass is 480 g/mol. The smallest absolute Gasteiger partial charge is 0.340 e. The number of aryl methyl sites for hydroxylation is 2. The van der Waals surface area contributed by atoms with E-state index in [-0.39, 0.29) is 18.0 Å². The van der Waals surface area contributed by atoms with Crippen molar-refractivity contribution in [1.82, 2.24) is 4.98 Å². The van der Waals surface area contributed by atoms with Crippen LogP contribution in [-0.4, -0.2) is 25.6 Å². The number of hydrogen-bond donors (Lipinski definition) is 1. The minimum Gasteiger partial charge on any atom is -0.457 e. The summed E-state index contributed by atoms with van der Waals surface area (Å²) in [5.41, 5.74) is 12.4. The fraction of sp³-hybridized carbons (Fsp3) is 0.333. The van der Waals surface area contributed by atoms with Crippen molar-refractivity contribution in [3.8, 4) is 11.1 Å². The number of nitrogens with two attached hydrogens (primary N) is 1. The van der Waals surface area contributed by atoms with Gasteiger partial charge in [0.05, 0.1) is 16.2 Å². The van der Waals surface area contributed by atoms with Gasteiger partial charge in [0.1, 0.15) is 6.61 Å². The average Bonchev–Trinajstić information content (AvgIpc) is 2.77. The molecule has 0 spiro atoms. The lowest BCUT2D eigenvalue weighted by Crippen LogP contribution is -2.17. The third kappa shape index (κ3) is 5.90. The molecule has 0 bridgehead atoms. The van der Waals surface area contributed by atoms with Crippen LogP contribution >= 0.6 is 0 Å². The molecule has 6 nitrogen and oxygen atoms in total. The van der Waals surface area contributed by atoms with Gasteiger partial charge in [-0.1, -0.05) is 55.8 Å². The molecule has 3 aromatic rings. The van der Waals surface area contributed by atoms with Crippen LogP contribution < -0.4 is 5.73 Å². The SMILES string of the molecule is Cc1ccc(-c2c(CN)c(CC(C)C)nc(C)c2C(=O)OCc2ccc(S(C)(=O)=O)cc2)cc1. The normalized spacial score (nSPS) is 11.6. The van der Waals surface area contributed by atoms with E-state index in [9.17, 15) is 13.2 Å². The van der Waals surface area contributed by atoms with Gasteiger partial charge in [0, 0.05) is 24.1 Å². The number of carbonyl (C=O) groups is 1. The number of rotatable bonds is 8. The van der Waals surface area contributed by atoms with Gasteiger partial charge in [0.25, 0.3) is 0 Å². The Morgan fingerprint density at radius 2 is 1.65 bits per heavy atom. The largest absolute Gasteiger partial charge is 0.457 e. The lowest BCUT2D eigenvalue weighted by Gasteiger charge is -2.20. The van der Waals surface area contributed by atoms with Gasteiger partial charge in [0.2, 0.25) is 0 Å². The second-order valence-corrected chi connectivity index (χ2v) is 11.0. The molecule has 0 saturated carbocycles. The molecule has 0 aliphatic carbocycles. The number of pyridine rings is 1. The van der Waals surface area contributed by atoms with Crippen LogP contribution in [0.4, 0.5) is 0 Å². The summed E-state index contributed by atoms with van der Waals surface area (Å²) in [6.45, 7) is 8.35. The van der Waals surface area contributed by atoms with E-state index in [0.29, 0.717) is 22.7 Å². The molecule has 2 N–H and O–H groups in total. The van der Waals surface area contributed by atoms with Gasteiger partial charge in [-0.3, -0.25) is 4.98 Å². The highest BCUT2D eigenvalue weighted by atomic mass is 32.2. The Labute approximate surface area is 202 Å². The predicted molar refractivity (Wildman–Crippen MR) is 134 cm³/mol. The fourth-order valence-corrected chi connectivity index (χ4v) is 4.55. The van der Waals surface area contributed by atoms with Crippen molar-refractivity contribution >= 4 is 15.8 Å². The zero-order valence-electron chi connectivity index (χ0n) is 20.4. The summed E-state index contributed by atoms with van der Waals surface area (Å²) in [6, 6.07) is 14.3. The van der Waals surface area contributed by atoms with E-state index in [1.807, 2.05) is 38.1 Å². The molecule has 180 valence electrons. The van der Waals surface area contributed by atoms with Crippen LogP contribution in [0.2, 0.25) is 0 Å². The molecule has 0 fully saturated rings. The summed E-state index contributed by atoms with van der Waals surface area (Å²) >= 11 is 0. The maximum absolute atomic E-state index is 13.3. The third-order valence-electron chi connectivity index (χ3n) is 5.64. The van der Waals surface area contributed by atoms with E-state index < -0.39 is 15.8 Å². The molecule has 0 amide bonds. The van der Waals surface area contributed by atoms with Crippen LogP contribution in [0.3, 0.4) is 0 Å². The summed E-state index contributed by atoms with van der Waals surface area (Å²) in [6.07, 6.45) is 1.91. The van der Waals surface area contributed by atoms with Gasteiger partial charge >= 0.3 is 5.97 Å².